The highest BCUT2D eigenvalue weighted by Crippen LogP contribution is 1.86. The van der Waals surface area contributed by atoms with E-state index in [9.17, 15) is 4.79 Å². The van der Waals surface area contributed by atoms with Gasteiger partial charge in [0.2, 0.25) is 5.91 Å². The summed E-state index contributed by atoms with van der Waals surface area (Å²) < 4.78 is 14.7. The first-order valence-electron chi connectivity index (χ1n) is 4.76. The minimum Gasteiger partial charge on any atom is -0.383 e. The molecule has 0 heterocycles. The number of hydrogen-bond donors (Lipinski definition) is 2. The zero-order chi connectivity index (χ0) is 11.5. The van der Waals surface area contributed by atoms with Gasteiger partial charge in [0.05, 0.1) is 19.7 Å². The second-order valence-corrected chi connectivity index (χ2v) is 2.87. The fourth-order valence-corrected chi connectivity index (χ4v) is 0.899. The normalized spacial score (nSPS) is 10.7. The Balaban J connectivity index is 3.40. The van der Waals surface area contributed by atoms with Crippen LogP contribution in [0.4, 0.5) is 0 Å². The summed E-state index contributed by atoms with van der Waals surface area (Å²) in [6, 6.07) is 0. The van der Waals surface area contributed by atoms with E-state index in [1.54, 1.807) is 7.11 Å². The first-order chi connectivity index (χ1) is 7.24. The first-order valence-corrected chi connectivity index (χ1v) is 4.76. The van der Waals surface area contributed by atoms with Gasteiger partial charge in [0, 0.05) is 27.9 Å². The summed E-state index contributed by atoms with van der Waals surface area (Å²) in [7, 11) is 4.66. The van der Waals surface area contributed by atoms with Gasteiger partial charge >= 0.3 is 0 Å². The van der Waals surface area contributed by atoms with Gasteiger partial charge in [-0.2, -0.15) is 0 Å². The number of nitrogens with one attached hydrogen (secondary N) is 2. The van der Waals surface area contributed by atoms with E-state index in [1.807, 2.05) is 0 Å². The second-order valence-electron chi connectivity index (χ2n) is 2.87. The smallest absolute Gasteiger partial charge is 0.234 e. The van der Waals surface area contributed by atoms with Crippen LogP contribution in [-0.4, -0.2) is 59.8 Å². The van der Waals surface area contributed by atoms with Crippen molar-refractivity contribution in [1.29, 1.82) is 0 Å². The van der Waals surface area contributed by atoms with E-state index >= 15 is 0 Å². The van der Waals surface area contributed by atoms with E-state index in [1.165, 1.54) is 14.2 Å². The molecule has 0 radical (unpaired) electrons. The fraction of sp³-hybridized carbons (Fsp3) is 0.889. The van der Waals surface area contributed by atoms with Crippen molar-refractivity contribution < 1.29 is 19.0 Å². The number of hydrogen-bond acceptors (Lipinski definition) is 5. The number of ether oxygens (including phenoxy) is 3. The molecule has 0 fully saturated rings. The SMILES string of the molecule is COCCNCC(=O)NCC(OC)OC. The molecule has 0 unspecified atom stereocenters. The molecule has 15 heavy (non-hydrogen) atoms. The van der Waals surface area contributed by atoms with Gasteiger partial charge in [-0.05, 0) is 0 Å². The van der Waals surface area contributed by atoms with Crippen LogP contribution in [0.2, 0.25) is 0 Å². The average molecular weight is 220 g/mol. The Bertz CT molecular complexity index is 162. The molecule has 0 aliphatic rings. The third-order valence-corrected chi connectivity index (χ3v) is 1.76. The molecule has 0 bridgehead atoms. The summed E-state index contributed by atoms with van der Waals surface area (Å²) in [6.07, 6.45) is -0.395. The van der Waals surface area contributed by atoms with Crippen molar-refractivity contribution in [2.75, 3.05) is 47.6 Å². The Morgan fingerprint density at radius 1 is 1.27 bits per heavy atom. The molecule has 0 aliphatic carbocycles. The van der Waals surface area contributed by atoms with Crippen LogP contribution in [-0.2, 0) is 19.0 Å². The largest absolute Gasteiger partial charge is 0.383 e. The molecule has 0 saturated carbocycles. The zero-order valence-corrected chi connectivity index (χ0v) is 9.54. The third-order valence-electron chi connectivity index (χ3n) is 1.76. The molecular formula is C9H20N2O4. The molecule has 0 atom stereocenters. The van der Waals surface area contributed by atoms with Crippen LogP contribution in [0, 0.1) is 0 Å². The van der Waals surface area contributed by atoms with E-state index in [0.29, 0.717) is 19.7 Å². The highest BCUT2D eigenvalue weighted by Gasteiger charge is 2.06. The Kier molecular flexibility index (Phi) is 9.40. The van der Waals surface area contributed by atoms with Crippen LogP contribution in [0.5, 0.6) is 0 Å². The van der Waals surface area contributed by atoms with Gasteiger partial charge in [-0.1, -0.05) is 0 Å². The number of carbonyl (C=O) groups is 1. The Morgan fingerprint density at radius 3 is 2.47 bits per heavy atom. The maximum Gasteiger partial charge on any atom is 0.234 e. The van der Waals surface area contributed by atoms with E-state index in [4.69, 9.17) is 14.2 Å². The lowest BCUT2D eigenvalue weighted by Crippen LogP contribution is -2.39. The standard InChI is InChI=1S/C9H20N2O4/c1-13-5-4-10-6-8(12)11-7-9(14-2)15-3/h9-10H,4-7H2,1-3H3,(H,11,12). The second kappa shape index (κ2) is 9.85. The molecule has 0 saturated heterocycles. The predicted octanol–water partition coefficient (Wildman–Crippen LogP) is -1.04. The van der Waals surface area contributed by atoms with Crippen molar-refractivity contribution in [2.45, 2.75) is 6.29 Å². The minimum absolute atomic E-state index is 0.0924. The van der Waals surface area contributed by atoms with E-state index in [2.05, 4.69) is 10.6 Å². The van der Waals surface area contributed by atoms with Crippen LogP contribution >= 0.6 is 0 Å². The first kappa shape index (κ1) is 14.3. The van der Waals surface area contributed by atoms with Gasteiger partial charge in [0.15, 0.2) is 6.29 Å². The maximum atomic E-state index is 11.2. The molecule has 90 valence electrons. The van der Waals surface area contributed by atoms with Crippen LogP contribution in [0.1, 0.15) is 0 Å². The highest BCUT2D eigenvalue weighted by atomic mass is 16.7. The van der Waals surface area contributed by atoms with Crippen molar-refractivity contribution in [3.63, 3.8) is 0 Å². The van der Waals surface area contributed by atoms with Gasteiger partial charge in [0.25, 0.3) is 0 Å². The fourth-order valence-electron chi connectivity index (χ4n) is 0.899. The Labute approximate surface area is 90.3 Å². The van der Waals surface area contributed by atoms with Crippen LogP contribution in [0.15, 0.2) is 0 Å². The molecular weight excluding hydrogens is 200 g/mol. The summed E-state index contributed by atoms with van der Waals surface area (Å²) in [4.78, 5) is 11.2. The lowest BCUT2D eigenvalue weighted by atomic mass is 10.5. The number of carbonyl (C=O) groups excluding carboxylic acids is 1. The molecule has 6 heteroatoms. The topological polar surface area (TPSA) is 68.8 Å². The molecule has 6 nitrogen and oxygen atoms in total. The highest BCUT2D eigenvalue weighted by molar-refractivity contribution is 5.77. The summed E-state index contributed by atoms with van der Waals surface area (Å²) in [5.41, 5.74) is 0. The summed E-state index contributed by atoms with van der Waals surface area (Å²) >= 11 is 0. The summed E-state index contributed by atoms with van der Waals surface area (Å²) in [5.74, 6) is -0.0924. The lowest BCUT2D eigenvalue weighted by molar-refractivity contribution is -0.126. The van der Waals surface area contributed by atoms with Crippen molar-refractivity contribution in [3.8, 4) is 0 Å². The van der Waals surface area contributed by atoms with Crippen LogP contribution in [0.3, 0.4) is 0 Å². The predicted molar refractivity (Wildman–Crippen MR) is 55.6 cm³/mol. The molecule has 1 amide bonds. The molecule has 0 spiro atoms. The van der Waals surface area contributed by atoms with Crippen molar-refractivity contribution in [1.82, 2.24) is 10.6 Å². The number of methoxy groups -OCH3 is 3. The quantitative estimate of drug-likeness (QED) is 0.383. The van der Waals surface area contributed by atoms with Gasteiger partial charge in [-0.3, -0.25) is 4.79 Å². The molecule has 0 aromatic heterocycles. The number of rotatable bonds is 9. The van der Waals surface area contributed by atoms with E-state index in [-0.39, 0.29) is 12.5 Å². The van der Waals surface area contributed by atoms with Crippen molar-refractivity contribution >= 4 is 5.91 Å². The summed E-state index contributed by atoms with van der Waals surface area (Å²) in [5, 5.41) is 5.60. The van der Waals surface area contributed by atoms with Crippen molar-refractivity contribution in [2.24, 2.45) is 0 Å². The summed E-state index contributed by atoms with van der Waals surface area (Å²) in [6.45, 7) is 1.86. The van der Waals surface area contributed by atoms with Gasteiger partial charge in [-0.15, -0.1) is 0 Å². The molecule has 0 aromatic rings. The minimum atomic E-state index is -0.395. The maximum absolute atomic E-state index is 11.2. The number of amides is 1. The van der Waals surface area contributed by atoms with E-state index < -0.39 is 6.29 Å². The van der Waals surface area contributed by atoms with Crippen molar-refractivity contribution in [3.05, 3.63) is 0 Å². The zero-order valence-electron chi connectivity index (χ0n) is 9.54. The lowest BCUT2D eigenvalue weighted by Gasteiger charge is -2.14. The Hall–Kier alpha value is -0.690. The molecule has 0 aliphatic heterocycles. The van der Waals surface area contributed by atoms with Gasteiger partial charge in [0.1, 0.15) is 0 Å². The monoisotopic (exact) mass is 220 g/mol. The van der Waals surface area contributed by atoms with Gasteiger partial charge in [-0.25, -0.2) is 0 Å². The van der Waals surface area contributed by atoms with Crippen LogP contribution in [0.25, 0.3) is 0 Å². The molecule has 2 N–H and O–H groups in total. The molecule has 0 aromatic carbocycles. The third kappa shape index (κ3) is 8.31. The van der Waals surface area contributed by atoms with E-state index in [0.717, 1.165) is 0 Å². The Morgan fingerprint density at radius 2 is 1.93 bits per heavy atom. The molecule has 0 rings (SSSR count). The average Bonchev–Trinajstić information content (AvgIpc) is 2.26. The van der Waals surface area contributed by atoms with Crippen LogP contribution < -0.4 is 10.6 Å². The van der Waals surface area contributed by atoms with Gasteiger partial charge < -0.3 is 24.8 Å².